The molecule has 0 bridgehead atoms. The van der Waals surface area contributed by atoms with E-state index in [4.69, 9.17) is 16.3 Å². The molecule has 0 atom stereocenters. The molecule has 0 unspecified atom stereocenters. The second-order valence-corrected chi connectivity index (χ2v) is 8.57. The zero-order valence-corrected chi connectivity index (χ0v) is 17.8. The molecule has 8 nitrogen and oxygen atoms in total. The van der Waals surface area contributed by atoms with Crippen molar-refractivity contribution in [1.29, 1.82) is 0 Å². The van der Waals surface area contributed by atoms with E-state index in [-0.39, 0.29) is 38.3 Å². The average molecular weight is 479 g/mol. The van der Waals surface area contributed by atoms with Crippen LogP contribution in [0.25, 0.3) is 16.8 Å². The van der Waals surface area contributed by atoms with Gasteiger partial charge in [-0.2, -0.15) is 0 Å². The van der Waals surface area contributed by atoms with Gasteiger partial charge in [0.1, 0.15) is 27.9 Å². The summed E-state index contributed by atoms with van der Waals surface area (Å²) in [4.78, 5) is 19.7. The number of nitrogens with zero attached hydrogens (tertiary/aromatic N) is 3. The maximum Gasteiger partial charge on any atom is 0.263 e. The molecule has 0 fully saturated rings. The Balaban J connectivity index is 1.82. The summed E-state index contributed by atoms with van der Waals surface area (Å²) in [6.45, 7) is 0. The van der Waals surface area contributed by atoms with E-state index >= 15 is 0 Å². The molecule has 0 saturated heterocycles. The molecule has 0 aliphatic rings. The monoisotopic (exact) mass is 478 g/mol. The highest BCUT2D eigenvalue weighted by molar-refractivity contribution is 7.92. The number of halogens is 3. The third-order valence-corrected chi connectivity index (χ3v) is 6.31. The molecule has 3 aromatic heterocycles. The number of benzene rings is 1. The molecule has 164 valence electrons. The van der Waals surface area contributed by atoms with Crippen LogP contribution < -0.4 is 15.0 Å². The van der Waals surface area contributed by atoms with E-state index in [1.807, 2.05) is 0 Å². The van der Waals surface area contributed by atoms with Crippen molar-refractivity contribution in [3.8, 4) is 17.0 Å². The molecule has 0 aliphatic carbocycles. The molecule has 3 heterocycles. The predicted molar refractivity (Wildman–Crippen MR) is 113 cm³/mol. The van der Waals surface area contributed by atoms with Crippen LogP contribution in [0.15, 0.2) is 64.7 Å². The molecule has 1 aromatic carbocycles. The van der Waals surface area contributed by atoms with Crippen molar-refractivity contribution in [2.75, 3.05) is 11.8 Å². The summed E-state index contributed by atoms with van der Waals surface area (Å²) < 4.78 is 62.2. The number of hydrogen-bond donors (Lipinski definition) is 1. The molecule has 32 heavy (non-hydrogen) atoms. The predicted octanol–water partition coefficient (Wildman–Crippen LogP) is 3.50. The lowest BCUT2D eigenvalue weighted by Gasteiger charge is -2.14. The Morgan fingerprint density at radius 1 is 1.12 bits per heavy atom. The lowest BCUT2D eigenvalue weighted by molar-refractivity contribution is 0.400. The minimum Gasteiger partial charge on any atom is -0.480 e. The van der Waals surface area contributed by atoms with Crippen LogP contribution in [0.2, 0.25) is 5.02 Å². The number of anilines is 1. The highest BCUT2D eigenvalue weighted by Crippen LogP contribution is 2.32. The van der Waals surface area contributed by atoms with Crippen LogP contribution in [0.4, 0.5) is 14.5 Å². The van der Waals surface area contributed by atoms with Crippen LogP contribution in [-0.4, -0.2) is 29.9 Å². The molecule has 0 spiro atoms. The number of hydrogen-bond acceptors (Lipinski definition) is 6. The van der Waals surface area contributed by atoms with Crippen LogP contribution in [0.5, 0.6) is 5.88 Å². The van der Waals surface area contributed by atoms with Crippen molar-refractivity contribution in [1.82, 2.24) is 14.4 Å². The fraction of sp³-hybridized carbons (Fsp3) is 0.0500. The topological polar surface area (TPSA) is 103 Å². The third kappa shape index (κ3) is 3.99. The van der Waals surface area contributed by atoms with Crippen LogP contribution in [0.1, 0.15) is 0 Å². The highest BCUT2D eigenvalue weighted by Gasteiger charge is 2.22. The first-order chi connectivity index (χ1) is 15.2. The van der Waals surface area contributed by atoms with E-state index in [9.17, 15) is 22.0 Å². The van der Waals surface area contributed by atoms with Crippen molar-refractivity contribution < 1.29 is 21.9 Å². The molecular weight excluding hydrogens is 466 g/mol. The summed E-state index contributed by atoms with van der Waals surface area (Å²) >= 11 is 5.88. The first kappa shape index (κ1) is 21.7. The summed E-state index contributed by atoms with van der Waals surface area (Å²) in [7, 11) is -3.00. The standard InChI is InChI=1S/C20H13ClF2N4O4S/c1-31-20-16(26-32(29,30)17-3-2-12(22)7-14(17)21)6-11(9-25-20)13-10-27-18(8-15(13)23)24-5-4-19(27)28/h2-10,26H,1H3. The average Bonchev–Trinajstić information content (AvgIpc) is 2.73. The first-order valence-corrected chi connectivity index (χ1v) is 10.7. The number of methoxy groups -OCH3 is 1. The van der Waals surface area contributed by atoms with Crippen LogP contribution in [-0.2, 0) is 10.0 Å². The van der Waals surface area contributed by atoms with Gasteiger partial charge in [-0.05, 0) is 24.3 Å². The maximum absolute atomic E-state index is 14.7. The van der Waals surface area contributed by atoms with Gasteiger partial charge < -0.3 is 4.74 Å². The van der Waals surface area contributed by atoms with Crippen LogP contribution >= 0.6 is 11.6 Å². The van der Waals surface area contributed by atoms with E-state index < -0.39 is 27.2 Å². The van der Waals surface area contributed by atoms with Crippen LogP contribution in [0, 0.1) is 11.6 Å². The van der Waals surface area contributed by atoms with Gasteiger partial charge in [0.2, 0.25) is 5.88 Å². The molecule has 12 heteroatoms. The second-order valence-electron chi connectivity index (χ2n) is 6.51. The fourth-order valence-electron chi connectivity index (χ4n) is 2.99. The van der Waals surface area contributed by atoms with Crippen molar-refractivity contribution in [3.63, 3.8) is 0 Å². The molecule has 4 rings (SSSR count). The number of pyridine rings is 2. The number of rotatable bonds is 5. The molecule has 1 N–H and O–H groups in total. The van der Waals surface area contributed by atoms with E-state index in [1.54, 1.807) is 0 Å². The van der Waals surface area contributed by atoms with Gasteiger partial charge >= 0.3 is 0 Å². The normalized spacial score (nSPS) is 11.5. The van der Waals surface area contributed by atoms with E-state index in [1.165, 1.54) is 37.8 Å². The highest BCUT2D eigenvalue weighted by atomic mass is 35.5. The number of nitrogens with one attached hydrogen (secondary N) is 1. The van der Waals surface area contributed by atoms with Crippen molar-refractivity contribution in [3.05, 3.63) is 82.0 Å². The number of fused-ring (bicyclic) bond motifs is 1. The zero-order chi connectivity index (χ0) is 23.0. The fourth-order valence-corrected chi connectivity index (χ4v) is 4.57. The molecule has 0 aliphatic heterocycles. The molecule has 0 amide bonds. The third-order valence-electron chi connectivity index (χ3n) is 4.46. The Bertz CT molecular complexity index is 1530. The SMILES string of the molecule is COc1ncc(-c2cn3c(=O)ccnc3cc2F)cc1NS(=O)(=O)c1ccc(F)cc1Cl. The minimum atomic E-state index is -4.27. The Labute approximate surface area is 185 Å². The molecule has 0 radical (unpaired) electrons. The number of aromatic nitrogens is 3. The summed E-state index contributed by atoms with van der Waals surface area (Å²) in [5.74, 6) is -1.51. The van der Waals surface area contributed by atoms with Crippen molar-refractivity contribution >= 4 is 33.0 Å². The smallest absolute Gasteiger partial charge is 0.263 e. The van der Waals surface area contributed by atoms with Gasteiger partial charge in [-0.15, -0.1) is 0 Å². The second kappa shape index (κ2) is 8.17. The Morgan fingerprint density at radius 2 is 1.91 bits per heavy atom. The van der Waals surface area contributed by atoms with Gasteiger partial charge in [-0.3, -0.25) is 13.9 Å². The number of ether oxygens (including phenoxy) is 1. The Hall–Kier alpha value is -3.57. The lowest BCUT2D eigenvalue weighted by atomic mass is 10.1. The Kier molecular flexibility index (Phi) is 5.53. The van der Waals surface area contributed by atoms with Gasteiger partial charge in [-0.1, -0.05) is 11.6 Å². The van der Waals surface area contributed by atoms with Gasteiger partial charge in [0, 0.05) is 41.9 Å². The minimum absolute atomic E-state index is 0.0250. The first-order valence-electron chi connectivity index (χ1n) is 8.89. The largest absolute Gasteiger partial charge is 0.480 e. The van der Waals surface area contributed by atoms with Gasteiger partial charge in [0.15, 0.2) is 0 Å². The van der Waals surface area contributed by atoms with Gasteiger partial charge in [0.25, 0.3) is 15.6 Å². The van der Waals surface area contributed by atoms with Crippen molar-refractivity contribution in [2.45, 2.75) is 4.90 Å². The van der Waals surface area contributed by atoms with Crippen LogP contribution in [0.3, 0.4) is 0 Å². The summed E-state index contributed by atoms with van der Waals surface area (Å²) in [6, 6.07) is 6.38. The number of sulfonamides is 1. The molecular formula is C20H13ClF2N4O4S. The summed E-state index contributed by atoms with van der Waals surface area (Å²) in [6.07, 6.45) is 3.75. The summed E-state index contributed by atoms with van der Waals surface area (Å²) in [5, 5.41) is -0.326. The van der Waals surface area contributed by atoms with E-state index in [0.717, 1.165) is 28.7 Å². The Morgan fingerprint density at radius 3 is 2.62 bits per heavy atom. The van der Waals surface area contributed by atoms with E-state index in [2.05, 4.69) is 14.7 Å². The van der Waals surface area contributed by atoms with Crippen molar-refractivity contribution in [2.24, 2.45) is 0 Å². The zero-order valence-electron chi connectivity index (χ0n) is 16.2. The van der Waals surface area contributed by atoms with Gasteiger partial charge in [-0.25, -0.2) is 27.2 Å². The van der Waals surface area contributed by atoms with E-state index in [0.29, 0.717) is 0 Å². The van der Waals surface area contributed by atoms with Gasteiger partial charge in [0.05, 0.1) is 12.1 Å². The lowest BCUT2D eigenvalue weighted by Crippen LogP contribution is -2.15. The maximum atomic E-state index is 14.7. The molecule has 4 aromatic rings. The quantitative estimate of drug-likeness (QED) is 0.471. The summed E-state index contributed by atoms with van der Waals surface area (Å²) in [5.41, 5.74) is -0.313. The molecule has 0 saturated carbocycles.